The molecule has 0 bridgehead atoms. The van der Waals surface area contributed by atoms with Gasteiger partial charge in [-0.3, -0.25) is 0 Å². The van der Waals surface area contributed by atoms with E-state index in [1.54, 1.807) is 44.6 Å². The first kappa shape index (κ1) is 22.3. The number of methoxy groups -OCH3 is 4. The van der Waals surface area contributed by atoms with Crippen molar-refractivity contribution < 1.29 is 23.7 Å². The van der Waals surface area contributed by atoms with Gasteiger partial charge < -0.3 is 18.9 Å². The number of esters is 1. The fourth-order valence-corrected chi connectivity index (χ4v) is 2.93. The van der Waals surface area contributed by atoms with Crippen LogP contribution < -0.4 is 14.2 Å². The second-order valence-electron chi connectivity index (χ2n) is 6.53. The van der Waals surface area contributed by atoms with Crippen LogP contribution in [0.15, 0.2) is 60.7 Å². The van der Waals surface area contributed by atoms with E-state index in [0.29, 0.717) is 39.5 Å². The minimum atomic E-state index is -0.472. The number of hydrogen-bond donors (Lipinski definition) is 0. The normalized spacial score (nSPS) is 9.50. The van der Waals surface area contributed by atoms with E-state index in [1.807, 2.05) is 30.3 Å². The van der Waals surface area contributed by atoms with Crippen LogP contribution in [0.1, 0.15) is 32.6 Å². The second-order valence-corrected chi connectivity index (χ2v) is 6.53. The van der Waals surface area contributed by atoms with E-state index < -0.39 is 5.97 Å². The summed E-state index contributed by atoms with van der Waals surface area (Å²) in [5.41, 5.74) is 3.29. The number of carbonyl (C=O) groups is 1. The lowest BCUT2D eigenvalue weighted by Crippen LogP contribution is -2.04. The minimum absolute atomic E-state index is 0.334. The van der Waals surface area contributed by atoms with Crippen LogP contribution in [0.4, 0.5) is 0 Å². The predicted octanol–water partition coefficient (Wildman–Crippen LogP) is 4.30. The molecule has 32 heavy (non-hydrogen) atoms. The van der Waals surface area contributed by atoms with Crippen molar-refractivity contribution in [3.05, 3.63) is 88.5 Å². The third-order valence-electron chi connectivity index (χ3n) is 4.59. The summed E-state index contributed by atoms with van der Waals surface area (Å²) in [7, 11) is 5.96. The summed E-state index contributed by atoms with van der Waals surface area (Å²) in [6.45, 7) is 0. The summed E-state index contributed by atoms with van der Waals surface area (Å²) in [5, 5.41) is 0. The smallest absolute Gasteiger partial charge is 0.341 e. The van der Waals surface area contributed by atoms with Crippen molar-refractivity contribution in [3.63, 3.8) is 0 Å². The summed E-state index contributed by atoms with van der Waals surface area (Å²) >= 11 is 0. The third-order valence-corrected chi connectivity index (χ3v) is 4.59. The lowest BCUT2D eigenvalue weighted by Gasteiger charge is -2.09. The maximum atomic E-state index is 11.9. The van der Waals surface area contributed by atoms with Gasteiger partial charge in [-0.05, 0) is 30.3 Å². The molecule has 0 fully saturated rings. The SMILES string of the molecule is COC(=O)c1ccc(C#Cc2cc(OC)c(OC)cc2C#Cc2ccccc2)cc1OC. The van der Waals surface area contributed by atoms with Crippen molar-refractivity contribution in [3.8, 4) is 40.9 Å². The lowest BCUT2D eigenvalue weighted by molar-refractivity contribution is 0.0597. The zero-order valence-electron chi connectivity index (χ0n) is 18.3. The van der Waals surface area contributed by atoms with Crippen LogP contribution in [-0.2, 0) is 4.74 Å². The van der Waals surface area contributed by atoms with Crippen molar-refractivity contribution >= 4 is 5.97 Å². The number of rotatable bonds is 4. The predicted molar refractivity (Wildman–Crippen MR) is 122 cm³/mol. The van der Waals surface area contributed by atoms with Gasteiger partial charge in [0.05, 0.1) is 28.4 Å². The van der Waals surface area contributed by atoms with Crippen LogP contribution in [0.2, 0.25) is 0 Å². The quantitative estimate of drug-likeness (QED) is 0.460. The number of carbonyl (C=O) groups excluding carboxylic acids is 1. The van der Waals surface area contributed by atoms with Gasteiger partial charge in [0.25, 0.3) is 0 Å². The van der Waals surface area contributed by atoms with E-state index in [4.69, 9.17) is 18.9 Å². The molecule has 0 atom stereocenters. The van der Waals surface area contributed by atoms with Gasteiger partial charge in [-0.2, -0.15) is 0 Å². The maximum Gasteiger partial charge on any atom is 0.341 e. The summed E-state index contributed by atoms with van der Waals surface area (Å²) in [4.78, 5) is 11.9. The van der Waals surface area contributed by atoms with Gasteiger partial charge in [0.2, 0.25) is 0 Å². The molecular weight excluding hydrogens is 404 g/mol. The van der Waals surface area contributed by atoms with Crippen LogP contribution in [0, 0.1) is 23.7 Å². The highest BCUT2D eigenvalue weighted by Gasteiger charge is 2.13. The molecule has 0 unspecified atom stereocenters. The molecule has 5 heteroatoms. The molecule has 0 aliphatic heterocycles. The highest BCUT2D eigenvalue weighted by molar-refractivity contribution is 5.92. The van der Waals surface area contributed by atoms with Crippen LogP contribution >= 0.6 is 0 Å². The molecule has 3 rings (SSSR count). The number of hydrogen-bond acceptors (Lipinski definition) is 5. The van der Waals surface area contributed by atoms with Crippen LogP contribution in [0.5, 0.6) is 17.2 Å². The Kier molecular flexibility index (Phi) is 7.41. The Morgan fingerprint density at radius 3 is 1.72 bits per heavy atom. The second kappa shape index (κ2) is 10.6. The Morgan fingerprint density at radius 1 is 0.625 bits per heavy atom. The average molecular weight is 426 g/mol. The first-order valence-corrected chi connectivity index (χ1v) is 9.71. The minimum Gasteiger partial charge on any atom is -0.496 e. The number of benzene rings is 3. The molecule has 0 radical (unpaired) electrons. The van der Waals surface area contributed by atoms with E-state index in [2.05, 4.69) is 23.7 Å². The average Bonchev–Trinajstić information content (AvgIpc) is 2.85. The molecule has 0 aromatic heterocycles. The van der Waals surface area contributed by atoms with Gasteiger partial charge in [-0.25, -0.2) is 4.79 Å². The molecule has 0 saturated carbocycles. The molecule has 3 aromatic carbocycles. The van der Waals surface area contributed by atoms with E-state index >= 15 is 0 Å². The summed E-state index contributed by atoms with van der Waals surface area (Å²) in [6, 6.07) is 18.3. The van der Waals surface area contributed by atoms with Crippen molar-refractivity contribution in [1.29, 1.82) is 0 Å². The first-order chi connectivity index (χ1) is 15.6. The Labute approximate surface area is 187 Å². The van der Waals surface area contributed by atoms with Gasteiger partial charge in [-0.1, -0.05) is 41.9 Å². The van der Waals surface area contributed by atoms with Crippen molar-refractivity contribution in [2.24, 2.45) is 0 Å². The van der Waals surface area contributed by atoms with Gasteiger partial charge in [0.15, 0.2) is 11.5 Å². The third kappa shape index (κ3) is 5.22. The Hall–Kier alpha value is -4.35. The largest absolute Gasteiger partial charge is 0.496 e. The van der Waals surface area contributed by atoms with Crippen LogP contribution in [-0.4, -0.2) is 34.4 Å². The van der Waals surface area contributed by atoms with E-state index in [9.17, 15) is 4.79 Å². The summed E-state index contributed by atoms with van der Waals surface area (Å²) in [5.74, 6) is 13.6. The van der Waals surface area contributed by atoms with Crippen molar-refractivity contribution in [1.82, 2.24) is 0 Å². The summed E-state index contributed by atoms with van der Waals surface area (Å²) in [6.07, 6.45) is 0. The zero-order chi connectivity index (χ0) is 22.9. The van der Waals surface area contributed by atoms with Crippen molar-refractivity contribution in [2.75, 3.05) is 28.4 Å². The fraction of sp³-hybridized carbons (Fsp3) is 0.148. The zero-order valence-corrected chi connectivity index (χ0v) is 18.3. The van der Waals surface area contributed by atoms with Gasteiger partial charge in [-0.15, -0.1) is 0 Å². The molecule has 0 saturated heterocycles. The van der Waals surface area contributed by atoms with E-state index in [-0.39, 0.29) is 0 Å². The molecule has 0 amide bonds. The van der Waals surface area contributed by atoms with Crippen LogP contribution in [0.3, 0.4) is 0 Å². The Morgan fingerprint density at radius 2 is 1.19 bits per heavy atom. The molecule has 0 aliphatic carbocycles. The summed E-state index contributed by atoms with van der Waals surface area (Å²) < 4.78 is 20.9. The molecule has 3 aromatic rings. The molecule has 0 spiro atoms. The van der Waals surface area contributed by atoms with Crippen LogP contribution in [0.25, 0.3) is 0 Å². The molecule has 5 nitrogen and oxygen atoms in total. The van der Waals surface area contributed by atoms with Gasteiger partial charge >= 0.3 is 5.97 Å². The van der Waals surface area contributed by atoms with Gasteiger partial charge in [0.1, 0.15) is 11.3 Å². The monoisotopic (exact) mass is 426 g/mol. The number of ether oxygens (including phenoxy) is 4. The topological polar surface area (TPSA) is 54.0 Å². The molecular formula is C27H22O5. The van der Waals surface area contributed by atoms with E-state index in [0.717, 1.165) is 5.56 Å². The molecule has 0 aliphatic rings. The molecule has 160 valence electrons. The maximum absolute atomic E-state index is 11.9. The Bertz CT molecular complexity index is 1240. The molecule has 0 heterocycles. The van der Waals surface area contributed by atoms with E-state index in [1.165, 1.54) is 14.2 Å². The molecule has 0 N–H and O–H groups in total. The lowest BCUT2D eigenvalue weighted by atomic mass is 10.0. The Balaban J connectivity index is 2.05. The van der Waals surface area contributed by atoms with Crippen molar-refractivity contribution in [2.45, 2.75) is 0 Å². The highest BCUT2D eigenvalue weighted by atomic mass is 16.5. The first-order valence-electron chi connectivity index (χ1n) is 9.71. The van der Waals surface area contributed by atoms with Gasteiger partial charge in [0, 0.05) is 34.4 Å². The standard InChI is InChI=1S/C27H22O5/c1-29-24-16-20(12-15-23(24)27(28)32-4)11-14-22-18-26(31-3)25(30-2)17-21(22)13-10-19-8-6-5-7-9-19/h5-9,12,15-18H,1-4H3. The fourth-order valence-electron chi connectivity index (χ4n) is 2.93. The highest BCUT2D eigenvalue weighted by Crippen LogP contribution is 2.30.